The van der Waals surface area contributed by atoms with Crippen molar-refractivity contribution < 1.29 is 19.1 Å². The van der Waals surface area contributed by atoms with Gasteiger partial charge in [-0.05, 0) is 64.3 Å². The van der Waals surface area contributed by atoms with Gasteiger partial charge in [0.25, 0.3) is 0 Å². The van der Waals surface area contributed by atoms with E-state index in [9.17, 15) is 9.90 Å². The Hall–Kier alpha value is -3.60. The summed E-state index contributed by atoms with van der Waals surface area (Å²) in [5.74, 6) is 0.742. The van der Waals surface area contributed by atoms with E-state index in [1.54, 1.807) is 0 Å². The molecule has 1 heterocycles. The Bertz CT molecular complexity index is 1310. The van der Waals surface area contributed by atoms with Crippen molar-refractivity contribution in [1.29, 1.82) is 0 Å². The molecule has 1 aromatic heterocycles. The SMILES string of the molecule is CC(C)c1ccc(CCc2nc3cc(C[C@H](Oc4ccc(C(C)(C)C)cc4)C(=O)O)ccc3o2)cc1. The molecule has 0 radical (unpaired) electrons. The fourth-order valence-corrected chi connectivity index (χ4v) is 4.17. The number of fused-ring (bicyclic) bond motifs is 1. The van der Waals surface area contributed by atoms with E-state index in [0.29, 0.717) is 29.6 Å². The lowest BCUT2D eigenvalue weighted by Crippen LogP contribution is -2.29. The predicted octanol–water partition coefficient (Wildman–Crippen LogP) is 7.11. The van der Waals surface area contributed by atoms with Crippen LogP contribution in [-0.2, 0) is 29.5 Å². The van der Waals surface area contributed by atoms with Crippen molar-refractivity contribution in [2.45, 2.75) is 71.3 Å². The first-order valence-corrected chi connectivity index (χ1v) is 12.6. The van der Waals surface area contributed by atoms with E-state index in [4.69, 9.17) is 9.15 Å². The molecule has 188 valence electrons. The van der Waals surface area contributed by atoms with E-state index in [-0.39, 0.29) is 11.8 Å². The number of benzene rings is 3. The topological polar surface area (TPSA) is 72.6 Å². The number of aryl methyl sites for hydroxylation is 2. The number of nitrogens with zero attached hydrogens (tertiary/aromatic N) is 1. The van der Waals surface area contributed by atoms with Crippen LogP contribution in [0, 0.1) is 0 Å². The highest BCUT2D eigenvalue weighted by molar-refractivity contribution is 5.75. The van der Waals surface area contributed by atoms with Crippen molar-refractivity contribution in [2.24, 2.45) is 0 Å². The monoisotopic (exact) mass is 485 g/mol. The van der Waals surface area contributed by atoms with Crippen molar-refractivity contribution >= 4 is 17.1 Å². The summed E-state index contributed by atoms with van der Waals surface area (Å²) in [7, 11) is 0. The second kappa shape index (κ2) is 10.6. The molecule has 0 unspecified atom stereocenters. The van der Waals surface area contributed by atoms with Crippen molar-refractivity contribution in [3.8, 4) is 5.75 Å². The van der Waals surface area contributed by atoms with Gasteiger partial charge in [0.2, 0.25) is 0 Å². The molecule has 1 N–H and O–H groups in total. The minimum absolute atomic E-state index is 0.0228. The third kappa shape index (κ3) is 6.34. The summed E-state index contributed by atoms with van der Waals surface area (Å²) >= 11 is 0. The summed E-state index contributed by atoms with van der Waals surface area (Å²) in [4.78, 5) is 16.6. The van der Waals surface area contributed by atoms with Crippen LogP contribution in [-0.4, -0.2) is 22.2 Å². The highest BCUT2D eigenvalue weighted by Gasteiger charge is 2.21. The molecule has 5 nitrogen and oxygen atoms in total. The van der Waals surface area contributed by atoms with Crippen LogP contribution in [0.25, 0.3) is 11.1 Å². The average molecular weight is 486 g/mol. The molecule has 0 bridgehead atoms. The van der Waals surface area contributed by atoms with E-state index in [1.807, 2.05) is 42.5 Å². The standard InChI is InChI=1S/C31H35NO4/c1-20(2)23-10-6-21(7-11-23)9-17-29-32-26-18-22(8-16-27(26)36-29)19-28(30(33)34)35-25-14-12-24(13-15-25)31(3,4)5/h6-8,10-16,18,20,28H,9,17,19H2,1-5H3,(H,33,34)/t28-/m0/s1. The molecule has 0 saturated heterocycles. The molecule has 3 aromatic carbocycles. The van der Waals surface area contributed by atoms with E-state index >= 15 is 0 Å². The summed E-state index contributed by atoms with van der Waals surface area (Å²) in [5, 5.41) is 9.76. The van der Waals surface area contributed by atoms with Gasteiger partial charge in [0.15, 0.2) is 17.6 Å². The first-order valence-electron chi connectivity index (χ1n) is 12.6. The van der Waals surface area contributed by atoms with Crippen LogP contribution < -0.4 is 4.74 Å². The van der Waals surface area contributed by atoms with Gasteiger partial charge in [-0.2, -0.15) is 0 Å². The maximum Gasteiger partial charge on any atom is 0.345 e. The first-order chi connectivity index (χ1) is 17.1. The number of ether oxygens (including phenoxy) is 1. The fraction of sp³-hybridized carbons (Fsp3) is 0.355. The lowest BCUT2D eigenvalue weighted by molar-refractivity contribution is -0.145. The van der Waals surface area contributed by atoms with Gasteiger partial charge in [-0.15, -0.1) is 0 Å². The Morgan fingerprint density at radius 1 is 0.944 bits per heavy atom. The molecule has 0 aliphatic heterocycles. The number of rotatable bonds is 9. The van der Waals surface area contributed by atoms with E-state index in [0.717, 1.165) is 17.5 Å². The number of aliphatic carboxylic acids is 1. The molecule has 5 heteroatoms. The maximum atomic E-state index is 11.9. The molecule has 0 amide bonds. The highest BCUT2D eigenvalue weighted by atomic mass is 16.5. The minimum atomic E-state index is -1.00. The average Bonchev–Trinajstić information content (AvgIpc) is 3.24. The van der Waals surface area contributed by atoms with Crippen LogP contribution in [0.2, 0.25) is 0 Å². The van der Waals surface area contributed by atoms with Crippen molar-refractivity contribution in [3.05, 3.63) is 94.9 Å². The number of carboxylic acids is 1. The largest absolute Gasteiger partial charge is 0.478 e. The zero-order chi connectivity index (χ0) is 25.9. The Morgan fingerprint density at radius 2 is 1.61 bits per heavy atom. The van der Waals surface area contributed by atoms with Crippen LogP contribution in [0.5, 0.6) is 5.75 Å². The Labute approximate surface area is 213 Å². The van der Waals surface area contributed by atoms with Crippen LogP contribution >= 0.6 is 0 Å². The summed E-state index contributed by atoms with van der Waals surface area (Å²) in [6, 6.07) is 21.9. The summed E-state index contributed by atoms with van der Waals surface area (Å²) in [6.07, 6.45) is 0.789. The number of hydrogen-bond donors (Lipinski definition) is 1. The molecule has 0 saturated carbocycles. The number of carbonyl (C=O) groups is 1. The van der Waals surface area contributed by atoms with E-state index in [1.165, 1.54) is 16.7 Å². The number of carboxylic acid groups (broad SMARTS) is 1. The second-order valence-electron chi connectivity index (χ2n) is 10.7. The predicted molar refractivity (Wildman–Crippen MR) is 143 cm³/mol. The Kier molecular flexibility index (Phi) is 7.48. The highest BCUT2D eigenvalue weighted by Crippen LogP contribution is 2.26. The molecule has 0 spiro atoms. The molecule has 4 rings (SSSR count). The van der Waals surface area contributed by atoms with Crippen molar-refractivity contribution in [1.82, 2.24) is 4.98 Å². The van der Waals surface area contributed by atoms with Crippen LogP contribution in [0.4, 0.5) is 0 Å². The summed E-state index contributed by atoms with van der Waals surface area (Å²) in [5.41, 5.74) is 6.05. The van der Waals surface area contributed by atoms with Crippen molar-refractivity contribution in [3.63, 3.8) is 0 Å². The van der Waals surface area contributed by atoms with Gasteiger partial charge in [0.05, 0.1) is 0 Å². The Morgan fingerprint density at radius 3 is 2.22 bits per heavy atom. The van der Waals surface area contributed by atoms with Crippen LogP contribution in [0.15, 0.2) is 71.1 Å². The molecule has 0 aliphatic carbocycles. The van der Waals surface area contributed by atoms with E-state index < -0.39 is 12.1 Å². The van der Waals surface area contributed by atoms with Crippen LogP contribution in [0.1, 0.15) is 68.7 Å². The quantitative estimate of drug-likeness (QED) is 0.273. The Balaban J connectivity index is 1.42. The molecule has 0 aliphatic rings. The smallest absolute Gasteiger partial charge is 0.345 e. The lowest BCUT2D eigenvalue weighted by Gasteiger charge is -2.20. The third-order valence-electron chi connectivity index (χ3n) is 6.47. The molecular weight excluding hydrogens is 450 g/mol. The number of aromatic nitrogens is 1. The summed E-state index contributed by atoms with van der Waals surface area (Å²) < 4.78 is 11.8. The van der Waals surface area contributed by atoms with Gasteiger partial charge < -0.3 is 14.3 Å². The zero-order valence-electron chi connectivity index (χ0n) is 21.7. The number of oxazole rings is 1. The molecular formula is C31H35NO4. The van der Waals surface area contributed by atoms with E-state index in [2.05, 4.69) is 63.9 Å². The minimum Gasteiger partial charge on any atom is -0.478 e. The normalized spacial score (nSPS) is 12.7. The van der Waals surface area contributed by atoms with Gasteiger partial charge in [-0.3, -0.25) is 0 Å². The second-order valence-corrected chi connectivity index (χ2v) is 10.7. The third-order valence-corrected chi connectivity index (χ3v) is 6.47. The van der Waals surface area contributed by atoms with Crippen LogP contribution in [0.3, 0.4) is 0 Å². The lowest BCUT2D eigenvalue weighted by atomic mass is 9.87. The molecule has 0 fully saturated rings. The summed E-state index contributed by atoms with van der Waals surface area (Å²) in [6.45, 7) is 10.8. The van der Waals surface area contributed by atoms with Gasteiger partial charge in [-0.25, -0.2) is 9.78 Å². The van der Waals surface area contributed by atoms with Gasteiger partial charge >= 0.3 is 5.97 Å². The molecule has 1 atom stereocenters. The fourth-order valence-electron chi connectivity index (χ4n) is 4.17. The molecule has 4 aromatic rings. The van der Waals surface area contributed by atoms with Gasteiger partial charge in [-0.1, -0.05) is 77.1 Å². The van der Waals surface area contributed by atoms with Gasteiger partial charge in [0, 0.05) is 12.8 Å². The first kappa shape index (κ1) is 25.5. The van der Waals surface area contributed by atoms with Crippen molar-refractivity contribution in [2.75, 3.05) is 0 Å². The maximum absolute atomic E-state index is 11.9. The molecule has 36 heavy (non-hydrogen) atoms. The zero-order valence-corrected chi connectivity index (χ0v) is 21.7. The van der Waals surface area contributed by atoms with Gasteiger partial charge in [0.1, 0.15) is 11.3 Å². The number of hydrogen-bond acceptors (Lipinski definition) is 4.